The van der Waals surface area contributed by atoms with Crippen molar-refractivity contribution in [3.05, 3.63) is 59.4 Å². The number of nitrogens with one attached hydrogen (secondary N) is 1. The SMILES string of the molecule is CCCCOc1ccc(C(=O)Nc2cnc(-n3c(C)nc(C)c3C)nc2)cc1. The van der Waals surface area contributed by atoms with Gasteiger partial charge in [-0.25, -0.2) is 15.0 Å². The molecule has 2 heterocycles. The molecule has 0 saturated heterocycles. The van der Waals surface area contributed by atoms with Crippen LogP contribution >= 0.6 is 0 Å². The summed E-state index contributed by atoms with van der Waals surface area (Å²) in [5.74, 6) is 1.90. The highest BCUT2D eigenvalue weighted by atomic mass is 16.5. The van der Waals surface area contributed by atoms with E-state index in [0.717, 1.165) is 35.8 Å². The van der Waals surface area contributed by atoms with Gasteiger partial charge in [0.05, 0.1) is 30.4 Å². The number of aromatic nitrogens is 4. The van der Waals surface area contributed by atoms with Crippen molar-refractivity contribution in [1.29, 1.82) is 0 Å². The molecule has 1 aromatic carbocycles. The predicted octanol–water partition coefficient (Wildman–Crippen LogP) is 4.02. The number of ether oxygens (including phenoxy) is 1. The minimum absolute atomic E-state index is 0.220. The molecule has 7 nitrogen and oxygen atoms in total. The third-order valence-electron chi connectivity index (χ3n) is 4.49. The Morgan fingerprint density at radius 2 is 1.79 bits per heavy atom. The number of anilines is 1. The van der Waals surface area contributed by atoms with Crippen LogP contribution < -0.4 is 10.1 Å². The van der Waals surface area contributed by atoms with E-state index in [9.17, 15) is 4.79 Å². The van der Waals surface area contributed by atoms with Gasteiger partial charge in [-0.1, -0.05) is 13.3 Å². The average molecular weight is 379 g/mol. The first-order valence-corrected chi connectivity index (χ1v) is 9.38. The number of benzene rings is 1. The molecule has 2 aromatic heterocycles. The fourth-order valence-electron chi connectivity index (χ4n) is 2.81. The molecule has 1 N–H and O–H groups in total. The number of amides is 1. The van der Waals surface area contributed by atoms with Crippen LogP contribution in [0, 0.1) is 20.8 Å². The minimum atomic E-state index is -0.220. The van der Waals surface area contributed by atoms with E-state index in [4.69, 9.17) is 4.74 Å². The average Bonchev–Trinajstić information content (AvgIpc) is 2.95. The van der Waals surface area contributed by atoms with E-state index in [-0.39, 0.29) is 5.91 Å². The molecule has 1 amide bonds. The van der Waals surface area contributed by atoms with E-state index in [1.54, 1.807) is 36.7 Å². The molecule has 0 aliphatic carbocycles. The van der Waals surface area contributed by atoms with E-state index >= 15 is 0 Å². The summed E-state index contributed by atoms with van der Waals surface area (Å²) in [5.41, 5.74) is 3.02. The van der Waals surface area contributed by atoms with Crippen molar-refractivity contribution in [3.63, 3.8) is 0 Å². The van der Waals surface area contributed by atoms with Crippen molar-refractivity contribution in [3.8, 4) is 11.7 Å². The zero-order valence-corrected chi connectivity index (χ0v) is 16.7. The maximum absolute atomic E-state index is 12.4. The number of hydrogen-bond donors (Lipinski definition) is 1. The third-order valence-corrected chi connectivity index (χ3v) is 4.49. The van der Waals surface area contributed by atoms with Crippen LogP contribution in [0.2, 0.25) is 0 Å². The highest BCUT2D eigenvalue weighted by molar-refractivity contribution is 6.04. The molecule has 0 saturated carbocycles. The van der Waals surface area contributed by atoms with Crippen LogP contribution in [-0.2, 0) is 0 Å². The van der Waals surface area contributed by atoms with E-state index in [2.05, 4.69) is 27.2 Å². The first-order chi connectivity index (χ1) is 13.5. The second kappa shape index (κ2) is 8.65. The molecular weight excluding hydrogens is 354 g/mol. The van der Waals surface area contributed by atoms with Gasteiger partial charge in [0.1, 0.15) is 11.6 Å². The molecule has 7 heteroatoms. The molecule has 0 bridgehead atoms. The zero-order chi connectivity index (χ0) is 20.1. The fourth-order valence-corrected chi connectivity index (χ4v) is 2.81. The van der Waals surface area contributed by atoms with Gasteiger partial charge in [-0.2, -0.15) is 0 Å². The highest BCUT2D eigenvalue weighted by Crippen LogP contribution is 2.16. The fraction of sp³-hybridized carbons (Fsp3) is 0.333. The lowest BCUT2D eigenvalue weighted by Gasteiger charge is -2.09. The van der Waals surface area contributed by atoms with Crippen LogP contribution in [0.25, 0.3) is 5.95 Å². The van der Waals surface area contributed by atoms with Crippen LogP contribution in [0.5, 0.6) is 5.75 Å². The molecule has 0 unspecified atom stereocenters. The Morgan fingerprint density at radius 1 is 1.11 bits per heavy atom. The largest absolute Gasteiger partial charge is 0.494 e. The lowest BCUT2D eigenvalue weighted by molar-refractivity contribution is 0.102. The number of unbranched alkanes of at least 4 members (excludes halogenated alkanes) is 1. The van der Waals surface area contributed by atoms with Crippen molar-refractivity contribution in [1.82, 2.24) is 19.5 Å². The van der Waals surface area contributed by atoms with Gasteiger partial charge in [0.2, 0.25) is 5.95 Å². The summed E-state index contributed by atoms with van der Waals surface area (Å²) in [5, 5.41) is 2.81. The van der Waals surface area contributed by atoms with Crippen molar-refractivity contribution in [2.75, 3.05) is 11.9 Å². The summed E-state index contributed by atoms with van der Waals surface area (Å²) >= 11 is 0. The molecule has 0 spiro atoms. The maximum Gasteiger partial charge on any atom is 0.255 e. The monoisotopic (exact) mass is 379 g/mol. The molecular formula is C21H25N5O2. The van der Waals surface area contributed by atoms with E-state index < -0.39 is 0 Å². The predicted molar refractivity (Wildman–Crippen MR) is 108 cm³/mol. The van der Waals surface area contributed by atoms with Gasteiger partial charge >= 0.3 is 0 Å². The Balaban J connectivity index is 1.66. The third kappa shape index (κ3) is 4.36. The second-order valence-corrected chi connectivity index (χ2v) is 6.62. The van der Waals surface area contributed by atoms with Gasteiger partial charge in [-0.15, -0.1) is 0 Å². The lowest BCUT2D eigenvalue weighted by Crippen LogP contribution is -2.13. The molecule has 0 fully saturated rings. The lowest BCUT2D eigenvalue weighted by atomic mass is 10.2. The topological polar surface area (TPSA) is 81.9 Å². The molecule has 0 aliphatic rings. The first kappa shape index (κ1) is 19.5. The number of hydrogen-bond acceptors (Lipinski definition) is 5. The van der Waals surface area contributed by atoms with Gasteiger partial charge < -0.3 is 10.1 Å². The van der Waals surface area contributed by atoms with Crippen molar-refractivity contribution >= 4 is 11.6 Å². The van der Waals surface area contributed by atoms with Crippen LogP contribution in [0.4, 0.5) is 5.69 Å². The molecule has 3 aromatic rings. The summed E-state index contributed by atoms with van der Waals surface area (Å²) < 4.78 is 7.50. The Hall–Kier alpha value is -3.22. The molecule has 146 valence electrons. The van der Waals surface area contributed by atoms with Crippen LogP contribution in [0.15, 0.2) is 36.7 Å². The zero-order valence-electron chi connectivity index (χ0n) is 16.7. The molecule has 28 heavy (non-hydrogen) atoms. The van der Waals surface area contributed by atoms with Crippen LogP contribution in [-0.4, -0.2) is 32.0 Å². The maximum atomic E-state index is 12.4. The van der Waals surface area contributed by atoms with Gasteiger partial charge in [-0.3, -0.25) is 9.36 Å². The molecule has 0 radical (unpaired) electrons. The van der Waals surface area contributed by atoms with Crippen LogP contribution in [0.3, 0.4) is 0 Å². The summed E-state index contributed by atoms with van der Waals surface area (Å²) in [6.07, 6.45) is 5.28. The van der Waals surface area contributed by atoms with E-state index in [1.165, 1.54) is 0 Å². The van der Waals surface area contributed by atoms with E-state index in [1.807, 2.05) is 25.3 Å². The Kier molecular flexibility index (Phi) is 6.03. The summed E-state index contributed by atoms with van der Waals surface area (Å²) in [7, 11) is 0. The first-order valence-electron chi connectivity index (χ1n) is 9.38. The Bertz CT molecular complexity index is 946. The molecule has 0 atom stereocenters. The summed E-state index contributed by atoms with van der Waals surface area (Å²) in [6, 6.07) is 7.09. The van der Waals surface area contributed by atoms with Crippen molar-refractivity contribution < 1.29 is 9.53 Å². The number of aryl methyl sites for hydroxylation is 2. The van der Waals surface area contributed by atoms with Crippen molar-refractivity contribution in [2.45, 2.75) is 40.5 Å². The Morgan fingerprint density at radius 3 is 2.36 bits per heavy atom. The van der Waals surface area contributed by atoms with Gasteiger partial charge in [0.25, 0.3) is 5.91 Å². The van der Waals surface area contributed by atoms with Crippen molar-refractivity contribution in [2.24, 2.45) is 0 Å². The van der Waals surface area contributed by atoms with Gasteiger partial charge in [0.15, 0.2) is 0 Å². The van der Waals surface area contributed by atoms with Gasteiger partial charge in [-0.05, 0) is 51.5 Å². The number of rotatable bonds is 7. The highest BCUT2D eigenvalue weighted by Gasteiger charge is 2.12. The summed E-state index contributed by atoms with van der Waals surface area (Å²) in [4.78, 5) is 25.6. The van der Waals surface area contributed by atoms with Crippen LogP contribution in [0.1, 0.15) is 47.3 Å². The standard InChI is InChI=1S/C21H25N5O2/c1-5-6-11-28-19-9-7-17(8-10-19)20(27)25-18-12-22-21(23-13-18)26-15(3)14(2)24-16(26)4/h7-10,12-13H,5-6,11H2,1-4H3,(H,25,27). The number of carbonyl (C=O) groups excluding carboxylic acids is 1. The number of imidazole rings is 1. The normalized spacial score (nSPS) is 10.7. The smallest absolute Gasteiger partial charge is 0.255 e. The minimum Gasteiger partial charge on any atom is -0.494 e. The molecule has 3 rings (SSSR count). The number of carbonyl (C=O) groups is 1. The Labute approximate surface area is 164 Å². The van der Waals surface area contributed by atoms with Gasteiger partial charge in [0, 0.05) is 11.3 Å². The number of nitrogens with zero attached hydrogens (tertiary/aromatic N) is 4. The quantitative estimate of drug-likeness (QED) is 0.627. The van der Waals surface area contributed by atoms with E-state index in [0.29, 0.717) is 23.8 Å². The molecule has 0 aliphatic heterocycles. The second-order valence-electron chi connectivity index (χ2n) is 6.62. The summed E-state index contributed by atoms with van der Waals surface area (Å²) in [6.45, 7) is 8.64.